The lowest BCUT2D eigenvalue weighted by Crippen LogP contribution is -1.99. The lowest BCUT2D eigenvalue weighted by atomic mass is 9.99. The van der Waals surface area contributed by atoms with E-state index in [0.717, 1.165) is 16.7 Å². The fraction of sp³-hybridized carbons (Fsp3) is 0.308. The van der Waals surface area contributed by atoms with Gasteiger partial charge in [0.05, 0.1) is 24.8 Å². The zero-order chi connectivity index (χ0) is 14.2. The van der Waals surface area contributed by atoms with Gasteiger partial charge in [-0.15, -0.1) is 0 Å². The van der Waals surface area contributed by atoms with E-state index in [4.69, 9.17) is 31.3 Å². The van der Waals surface area contributed by atoms with E-state index in [1.54, 1.807) is 20.3 Å². The molecule has 0 spiro atoms. The van der Waals surface area contributed by atoms with Gasteiger partial charge in [0.2, 0.25) is 5.88 Å². The average molecular weight is 283 g/mol. The molecule has 0 aliphatic carbocycles. The first-order valence-corrected chi connectivity index (χ1v) is 6.02. The molecule has 0 atom stereocenters. The molecule has 1 aromatic carbocycles. The summed E-state index contributed by atoms with van der Waals surface area (Å²) in [5.74, 6) is 1.47. The zero-order valence-corrected chi connectivity index (χ0v) is 12.0. The van der Waals surface area contributed by atoms with Crippen LogP contribution < -0.4 is 15.2 Å². The lowest BCUT2D eigenvalue weighted by molar-refractivity contribution is 0.398. The molecule has 0 amide bonds. The molecule has 2 N–H and O–H groups in total. The van der Waals surface area contributed by atoms with Crippen LogP contribution in [-0.4, -0.2) is 19.4 Å². The van der Waals surface area contributed by atoms with Gasteiger partial charge < -0.3 is 19.7 Å². The van der Waals surface area contributed by atoms with Crippen LogP contribution in [0.15, 0.2) is 10.6 Å². The molecule has 2 rings (SSSR count). The Hall–Kier alpha value is -1.88. The van der Waals surface area contributed by atoms with E-state index in [2.05, 4.69) is 5.16 Å². The van der Waals surface area contributed by atoms with Gasteiger partial charge in [0, 0.05) is 17.2 Å². The number of ether oxygens (including phenoxy) is 2. The molecule has 0 radical (unpaired) electrons. The van der Waals surface area contributed by atoms with Crippen LogP contribution in [0.5, 0.6) is 11.5 Å². The van der Waals surface area contributed by atoms with Crippen molar-refractivity contribution >= 4 is 17.5 Å². The van der Waals surface area contributed by atoms with Gasteiger partial charge in [-0.25, -0.2) is 0 Å². The summed E-state index contributed by atoms with van der Waals surface area (Å²) in [5, 5.41) is 4.45. The Morgan fingerprint density at radius 3 is 2.26 bits per heavy atom. The van der Waals surface area contributed by atoms with E-state index >= 15 is 0 Å². The van der Waals surface area contributed by atoms with Gasteiger partial charge in [-0.1, -0.05) is 16.8 Å². The first-order valence-electron chi connectivity index (χ1n) is 5.64. The van der Waals surface area contributed by atoms with Crippen LogP contribution in [0.25, 0.3) is 11.3 Å². The van der Waals surface area contributed by atoms with E-state index in [9.17, 15) is 0 Å². The molecule has 0 bridgehead atoms. The number of aromatic nitrogens is 1. The number of nitrogen functional groups attached to an aromatic ring is 1. The Bertz CT molecular complexity index is 623. The molecule has 1 aromatic heterocycles. The number of nitrogens with zero attached hydrogens (tertiary/aromatic N) is 1. The first-order chi connectivity index (χ1) is 9.01. The molecule has 0 saturated heterocycles. The number of benzene rings is 1. The smallest absolute Gasteiger partial charge is 0.222 e. The van der Waals surface area contributed by atoms with Crippen molar-refractivity contribution in [3.05, 3.63) is 22.2 Å². The maximum absolute atomic E-state index is 6.27. The molecule has 2 aromatic rings. The molecule has 1 heterocycles. The summed E-state index contributed by atoms with van der Waals surface area (Å²) in [4.78, 5) is 0. The van der Waals surface area contributed by atoms with E-state index in [1.807, 2.05) is 13.8 Å². The van der Waals surface area contributed by atoms with Crippen LogP contribution >= 0.6 is 11.6 Å². The second kappa shape index (κ2) is 5.01. The summed E-state index contributed by atoms with van der Waals surface area (Å²) in [6, 6.07) is 1.64. The normalized spacial score (nSPS) is 10.6. The Morgan fingerprint density at radius 1 is 1.16 bits per heavy atom. The van der Waals surface area contributed by atoms with Crippen molar-refractivity contribution in [1.82, 2.24) is 5.16 Å². The van der Waals surface area contributed by atoms with Gasteiger partial charge >= 0.3 is 0 Å². The molecule has 0 fully saturated rings. The first kappa shape index (κ1) is 13.5. The van der Waals surface area contributed by atoms with Crippen molar-refractivity contribution in [3.8, 4) is 22.8 Å². The van der Waals surface area contributed by atoms with Crippen LogP contribution in [0, 0.1) is 13.8 Å². The average Bonchev–Trinajstić information content (AvgIpc) is 2.80. The highest BCUT2D eigenvalue weighted by atomic mass is 35.5. The van der Waals surface area contributed by atoms with Crippen LogP contribution in [0.2, 0.25) is 5.02 Å². The van der Waals surface area contributed by atoms with Crippen molar-refractivity contribution < 1.29 is 14.0 Å². The van der Waals surface area contributed by atoms with Crippen molar-refractivity contribution in [3.63, 3.8) is 0 Å². The number of nitrogens with two attached hydrogens (primary N) is 1. The van der Waals surface area contributed by atoms with Gasteiger partial charge in [-0.2, -0.15) is 0 Å². The molecule has 5 nitrogen and oxygen atoms in total. The summed E-state index contributed by atoms with van der Waals surface area (Å²) < 4.78 is 15.7. The fourth-order valence-electron chi connectivity index (χ4n) is 2.12. The third kappa shape index (κ3) is 2.10. The maximum Gasteiger partial charge on any atom is 0.222 e. The van der Waals surface area contributed by atoms with E-state index in [0.29, 0.717) is 22.2 Å². The number of halogens is 1. The summed E-state index contributed by atoms with van der Waals surface area (Å²) >= 11 is 6.27. The van der Waals surface area contributed by atoms with Crippen LogP contribution in [-0.2, 0) is 0 Å². The highest BCUT2D eigenvalue weighted by Gasteiger charge is 2.23. The van der Waals surface area contributed by atoms with Crippen LogP contribution in [0.1, 0.15) is 11.1 Å². The SMILES string of the molecule is COc1c(C)c(-c2cc(N)on2)c(OC)c(C)c1Cl. The minimum absolute atomic E-state index is 0.239. The van der Waals surface area contributed by atoms with Gasteiger partial charge in [-0.05, 0) is 13.8 Å². The molecule has 19 heavy (non-hydrogen) atoms. The van der Waals surface area contributed by atoms with Gasteiger partial charge in [0.25, 0.3) is 0 Å². The quantitative estimate of drug-likeness (QED) is 0.936. The van der Waals surface area contributed by atoms with Crippen molar-refractivity contribution in [2.75, 3.05) is 20.0 Å². The molecule has 0 saturated carbocycles. The van der Waals surface area contributed by atoms with Gasteiger partial charge in [-0.3, -0.25) is 0 Å². The lowest BCUT2D eigenvalue weighted by Gasteiger charge is -2.17. The maximum atomic E-state index is 6.27. The Kier molecular flexibility index (Phi) is 3.57. The molecule has 0 aliphatic heterocycles. The molecule has 102 valence electrons. The number of hydrogen-bond donors (Lipinski definition) is 1. The van der Waals surface area contributed by atoms with Gasteiger partial charge in [0.1, 0.15) is 17.2 Å². The number of methoxy groups -OCH3 is 2. The Morgan fingerprint density at radius 2 is 1.79 bits per heavy atom. The van der Waals surface area contributed by atoms with Crippen molar-refractivity contribution in [2.24, 2.45) is 0 Å². The molecular weight excluding hydrogens is 268 g/mol. The fourth-order valence-corrected chi connectivity index (χ4v) is 2.42. The summed E-state index contributed by atoms with van der Waals surface area (Å²) in [7, 11) is 3.15. The summed E-state index contributed by atoms with van der Waals surface area (Å²) in [6.07, 6.45) is 0. The molecule has 6 heteroatoms. The predicted molar refractivity (Wildman–Crippen MR) is 73.9 cm³/mol. The monoisotopic (exact) mass is 282 g/mol. The van der Waals surface area contributed by atoms with E-state index in [-0.39, 0.29) is 5.88 Å². The van der Waals surface area contributed by atoms with Gasteiger partial charge in [0.15, 0.2) is 0 Å². The van der Waals surface area contributed by atoms with Crippen molar-refractivity contribution in [1.29, 1.82) is 0 Å². The summed E-state index contributed by atoms with van der Waals surface area (Å²) in [5.41, 5.74) is 8.53. The van der Waals surface area contributed by atoms with Crippen molar-refractivity contribution in [2.45, 2.75) is 13.8 Å². The Labute approximate surface area is 116 Å². The summed E-state index contributed by atoms with van der Waals surface area (Å²) in [6.45, 7) is 3.74. The molecule has 0 aliphatic rings. The molecular formula is C13H15ClN2O3. The number of anilines is 1. The minimum Gasteiger partial charge on any atom is -0.496 e. The molecule has 0 unspecified atom stereocenters. The van der Waals surface area contributed by atoms with E-state index < -0.39 is 0 Å². The minimum atomic E-state index is 0.239. The second-order valence-corrected chi connectivity index (χ2v) is 4.50. The third-order valence-corrected chi connectivity index (χ3v) is 3.46. The van der Waals surface area contributed by atoms with E-state index in [1.165, 1.54) is 0 Å². The number of rotatable bonds is 3. The zero-order valence-electron chi connectivity index (χ0n) is 11.2. The third-order valence-electron chi connectivity index (χ3n) is 3.00. The number of hydrogen-bond acceptors (Lipinski definition) is 5. The Balaban J connectivity index is 2.81. The standard InChI is InChI=1S/C13H15ClN2O3/c1-6-10(8-5-9(15)19-16-8)12(17-3)7(2)11(14)13(6)18-4/h5H,15H2,1-4H3. The van der Waals surface area contributed by atoms with Crippen LogP contribution in [0.3, 0.4) is 0 Å². The topological polar surface area (TPSA) is 70.5 Å². The highest BCUT2D eigenvalue weighted by molar-refractivity contribution is 6.33. The predicted octanol–water partition coefficient (Wildman–Crippen LogP) is 3.21. The largest absolute Gasteiger partial charge is 0.496 e. The van der Waals surface area contributed by atoms with Crippen LogP contribution in [0.4, 0.5) is 5.88 Å². The highest BCUT2D eigenvalue weighted by Crippen LogP contribution is 2.45. The second-order valence-electron chi connectivity index (χ2n) is 4.12.